The van der Waals surface area contributed by atoms with E-state index in [0.29, 0.717) is 18.3 Å². The number of nitrogens with zero attached hydrogens (tertiary/aromatic N) is 1. The highest BCUT2D eigenvalue weighted by molar-refractivity contribution is 6.00. The molecule has 3 aliphatic rings. The first-order chi connectivity index (χ1) is 11.8. The summed E-state index contributed by atoms with van der Waals surface area (Å²) in [6, 6.07) is 5.92. The van der Waals surface area contributed by atoms with Crippen LogP contribution >= 0.6 is 0 Å². The van der Waals surface area contributed by atoms with Crippen LogP contribution in [0.2, 0.25) is 0 Å². The zero-order valence-corrected chi connectivity index (χ0v) is 13.9. The average molecular weight is 355 g/mol. The molecule has 1 aliphatic carbocycles. The number of fused-ring (bicyclic) bond motifs is 1. The number of ether oxygens (including phenoxy) is 2. The number of hydrogen-bond donors (Lipinski definition) is 0. The molecule has 4 atom stereocenters. The molecule has 1 aromatic carbocycles. The molecule has 1 saturated carbocycles. The molecular weight excluding hydrogens is 335 g/mol. The van der Waals surface area contributed by atoms with E-state index in [2.05, 4.69) is 4.74 Å². The number of benzene rings is 1. The molecule has 2 heterocycles. The van der Waals surface area contributed by atoms with E-state index in [1.54, 1.807) is 17.0 Å². The van der Waals surface area contributed by atoms with Crippen molar-refractivity contribution in [3.63, 3.8) is 0 Å². The summed E-state index contributed by atoms with van der Waals surface area (Å²) in [6.07, 6.45) is -2.56. The van der Waals surface area contributed by atoms with Gasteiger partial charge in [-0.2, -0.15) is 13.2 Å². The maximum atomic E-state index is 12.9. The summed E-state index contributed by atoms with van der Waals surface area (Å²) in [5.74, 6) is 0.0771. The minimum absolute atomic E-state index is 0.0343. The number of carbonyl (C=O) groups is 1. The second kappa shape index (κ2) is 5.71. The smallest absolute Gasteiger partial charge is 0.370 e. The summed E-state index contributed by atoms with van der Waals surface area (Å²) >= 11 is 0. The number of halogens is 3. The molecule has 1 aromatic rings. The number of rotatable bonds is 3. The van der Waals surface area contributed by atoms with E-state index in [1.807, 2.05) is 0 Å². The van der Waals surface area contributed by atoms with Crippen molar-refractivity contribution in [2.75, 3.05) is 18.6 Å². The summed E-state index contributed by atoms with van der Waals surface area (Å²) in [7, 11) is 1.04. The van der Waals surface area contributed by atoms with E-state index >= 15 is 0 Å². The summed E-state index contributed by atoms with van der Waals surface area (Å²) < 4.78 is 49.0. The minimum atomic E-state index is -4.47. The highest BCUT2D eigenvalue weighted by Gasteiger charge is 2.57. The Kier molecular flexibility index (Phi) is 3.85. The fourth-order valence-electron chi connectivity index (χ4n) is 4.29. The van der Waals surface area contributed by atoms with Crippen molar-refractivity contribution in [3.8, 4) is 0 Å². The van der Waals surface area contributed by atoms with Crippen molar-refractivity contribution in [3.05, 3.63) is 29.8 Å². The van der Waals surface area contributed by atoms with E-state index in [-0.39, 0.29) is 23.0 Å². The van der Waals surface area contributed by atoms with E-state index in [4.69, 9.17) is 4.74 Å². The van der Waals surface area contributed by atoms with Crippen LogP contribution < -0.4 is 4.90 Å². The van der Waals surface area contributed by atoms with Crippen LogP contribution in [-0.2, 0) is 14.3 Å². The van der Waals surface area contributed by atoms with E-state index in [0.717, 1.165) is 32.8 Å². The van der Waals surface area contributed by atoms with Gasteiger partial charge in [-0.25, -0.2) is 0 Å². The number of anilines is 1. The molecule has 3 unspecified atom stereocenters. The van der Waals surface area contributed by atoms with Gasteiger partial charge in [0.25, 0.3) is 0 Å². The Morgan fingerprint density at radius 2 is 1.96 bits per heavy atom. The molecule has 0 N–H and O–H groups in total. The predicted molar refractivity (Wildman–Crippen MR) is 84.2 cm³/mol. The third-order valence-corrected chi connectivity index (χ3v) is 5.74. The van der Waals surface area contributed by atoms with Crippen molar-refractivity contribution in [1.29, 1.82) is 0 Å². The fraction of sp³-hybridized carbons (Fsp3) is 0.611. The molecule has 4 rings (SSSR count). The number of alkyl halides is 3. The lowest BCUT2D eigenvalue weighted by Gasteiger charge is -2.29. The van der Waals surface area contributed by atoms with Gasteiger partial charge in [-0.05, 0) is 43.4 Å². The van der Waals surface area contributed by atoms with Crippen LogP contribution in [0.4, 0.5) is 18.9 Å². The quantitative estimate of drug-likeness (QED) is 0.778. The predicted octanol–water partition coefficient (Wildman–Crippen LogP) is 3.61. The molecule has 0 bridgehead atoms. The third-order valence-electron chi connectivity index (χ3n) is 5.74. The van der Waals surface area contributed by atoms with Crippen molar-refractivity contribution >= 4 is 11.6 Å². The van der Waals surface area contributed by atoms with Gasteiger partial charge in [0.05, 0.1) is 17.6 Å². The van der Waals surface area contributed by atoms with E-state index in [9.17, 15) is 18.0 Å². The van der Waals surface area contributed by atoms with Crippen LogP contribution in [0, 0.1) is 5.41 Å². The Hall–Kier alpha value is -1.60. The molecule has 3 fully saturated rings. The Bertz CT molecular complexity index is 675. The summed E-state index contributed by atoms with van der Waals surface area (Å²) in [4.78, 5) is 14.6. The van der Waals surface area contributed by atoms with Crippen LogP contribution in [0.3, 0.4) is 0 Å². The molecule has 7 heteroatoms. The van der Waals surface area contributed by atoms with Crippen molar-refractivity contribution < 1.29 is 27.4 Å². The topological polar surface area (TPSA) is 42.1 Å². The second-order valence-electron chi connectivity index (χ2n) is 7.19. The summed E-state index contributed by atoms with van der Waals surface area (Å²) in [5.41, 5.74) is 0.325. The molecule has 4 nitrogen and oxygen atoms in total. The molecule has 2 aliphatic heterocycles. The van der Waals surface area contributed by atoms with Gasteiger partial charge in [0.2, 0.25) is 5.91 Å². The normalized spacial score (nSPS) is 32.8. The van der Waals surface area contributed by atoms with Crippen LogP contribution in [0.5, 0.6) is 0 Å². The van der Waals surface area contributed by atoms with Gasteiger partial charge in [0.15, 0.2) is 6.10 Å². The number of methoxy groups -OCH3 is 1. The maximum Gasteiger partial charge on any atom is 0.418 e. The van der Waals surface area contributed by atoms with Crippen LogP contribution in [-0.4, -0.2) is 37.9 Å². The molecule has 1 spiro atoms. The first kappa shape index (κ1) is 16.8. The number of epoxide rings is 1. The zero-order valence-electron chi connectivity index (χ0n) is 13.9. The van der Waals surface area contributed by atoms with E-state index < -0.39 is 12.3 Å². The minimum Gasteiger partial charge on any atom is -0.370 e. The van der Waals surface area contributed by atoms with Gasteiger partial charge in [0, 0.05) is 19.3 Å². The number of hydrogen-bond acceptors (Lipinski definition) is 3. The first-order valence-corrected chi connectivity index (χ1v) is 8.51. The third kappa shape index (κ3) is 2.83. The molecule has 0 radical (unpaired) electrons. The van der Waals surface area contributed by atoms with Gasteiger partial charge in [0.1, 0.15) is 0 Å². The molecule has 1 amide bonds. The highest BCUT2D eigenvalue weighted by atomic mass is 19.4. The Balaban J connectivity index is 1.52. The van der Waals surface area contributed by atoms with Gasteiger partial charge >= 0.3 is 6.18 Å². The molecule has 2 saturated heterocycles. The lowest BCUT2D eigenvalue weighted by atomic mass is 9.73. The Labute approximate surface area is 143 Å². The van der Waals surface area contributed by atoms with Gasteiger partial charge < -0.3 is 14.4 Å². The number of carbonyl (C=O) groups excluding carboxylic acids is 1. The SMILES string of the molecule is CO[C@H](c1ccc(N2CCC3(CCC4OC4C3)C2=O)cc1)C(F)(F)F. The van der Waals surface area contributed by atoms with Crippen molar-refractivity contribution in [2.45, 2.75) is 50.2 Å². The first-order valence-electron chi connectivity index (χ1n) is 8.51. The lowest BCUT2D eigenvalue weighted by molar-refractivity contribution is -0.215. The summed E-state index contributed by atoms with van der Waals surface area (Å²) in [5, 5.41) is 0. The van der Waals surface area contributed by atoms with Gasteiger partial charge in [-0.3, -0.25) is 4.79 Å². The lowest BCUT2D eigenvalue weighted by Crippen LogP contribution is -2.38. The van der Waals surface area contributed by atoms with Crippen LogP contribution in [0.15, 0.2) is 24.3 Å². The van der Waals surface area contributed by atoms with Crippen molar-refractivity contribution in [2.24, 2.45) is 5.41 Å². The van der Waals surface area contributed by atoms with Gasteiger partial charge in [-0.1, -0.05) is 12.1 Å². The monoisotopic (exact) mass is 355 g/mol. The summed E-state index contributed by atoms with van der Waals surface area (Å²) in [6.45, 7) is 0.600. The van der Waals surface area contributed by atoms with Crippen LogP contribution in [0.25, 0.3) is 0 Å². The standard InChI is InChI=1S/C18H20F3NO3/c1-24-15(18(19,20)21)11-2-4-12(5-3-11)22-9-8-17(16(22)23)7-6-13-14(10-17)25-13/h2-5,13-15H,6-10H2,1H3/t13?,14?,15-,17?/m1/s1. The Morgan fingerprint density at radius 1 is 1.24 bits per heavy atom. The molecular formula is C18H20F3NO3. The molecule has 25 heavy (non-hydrogen) atoms. The zero-order chi connectivity index (χ0) is 17.8. The second-order valence-corrected chi connectivity index (χ2v) is 7.19. The Morgan fingerprint density at radius 3 is 2.56 bits per heavy atom. The fourth-order valence-corrected chi connectivity index (χ4v) is 4.29. The molecule has 136 valence electrons. The van der Waals surface area contributed by atoms with Crippen LogP contribution in [0.1, 0.15) is 37.4 Å². The number of amides is 1. The largest absolute Gasteiger partial charge is 0.418 e. The van der Waals surface area contributed by atoms with Gasteiger partial charge in [-0.15, -0.1) is 0 Å². The maximum absolute atomic E-state index is 12.9. The highest BCUT2D eigenvalue weighted by Crippen LogP contribution is 2.52. The molecule has 0 aromatic heterocycles. The van der Waals surface area contributed by atoms with E-state index in [1.165, 1.54) is 12.1 Å². The van der Waals surface area contributed by atoms with Crippen molar-refractivity contribution in [1.82, 2.24) is 0 Å². The average Bonchev–Trinajstić information content (AvgIpc) is 3.27.